The van der Waals surface area contributed by atoms with Crippen LogP contribution < -0.4 is 4.74 Å². The van der Waals surface area contributed by atoms with Gasteiger partial charge in [-0.15, -0.1) is 0 Å². The molecule has 1 aliphatic heterocycles. The second kappa shape index (κ2) is 5.71. The first-order chi connectivity index (χ1) is 8.29. The van der Waals surface area contributed by atoms with Crippen LogP contribution in [0, 0.1) is 0 Å². The highest BCUT2D eigenvalue weighted by atomic mass is 16.5. The normalized spacial score (nSPS) is 15.7. The summed E-state index contributed by atoms with van der Waals surface area (Å²) in [6.45, 7) is 1.84. The molecule has 1 amide bonds. The number of piperidine rings is 1. The van der Waals surface area contributed by atoms with Crippen LogP contribution in [0.25, 0.3) is 0 Å². The molecule has 3 heteroatoms. The highest BCUT2D eigenvalue weighted by molar-refractivity contribution is 5.79. The van der Waals surface area contributed by atoms with E-state index in [1.54, 1.807) is 7.11 Å². The zero-order valence-corrected chi connectivity index (χ0v) is 10.3. The van der Waals surface area contributed by atoms with E-state index in [0.717, 1.165) is 37.2 Å². The van der Waals surface area contributed by atoms with Crippen LogP contribution in [0.15, 0.2) is 24.3 Å². The van der Waals surface area contributed by atoms with Crippen molar-refractivity contribution in [2.45, 2.75) is 25.7 Å². The minimum Gasteiger partial charge on any atom is -0.497 e. The summed E-state index contributed by atoms with van der Waals surface area (Å²) in [5.74, 6) is 1.05. The number of carbonyl (C=O) groups is 1. The van der Waals surface area contributed by atoms with E-state index in [2.05, 4.69) is 0 Å². The molecule has 0 N–H and O–H groups in total. The predicted molar refractivity (Wildman–Crippen MR) is 67.1 cm³/mol. The third-order valence-electron chi connectivity index (χ3n) is 3.20. The number of carbonyl (C=O) groups excluding carboxylic acids is 1. The SMILES string of the molecule is COc1cccc(CC(=O)N2CCCCC2)c1. The molecule has 92 valence electrons. The van der Waals surface area contributed by atoms with Gasteiger partial charge in [0.05, 0.1) is 13.5 Å². The van der Waals surface area contributed by atoms with Crippen molar-refractivity contribution in [2.75, 3.05) is 20.2 Å². The summed E-state index contributed by atoms with van der Waals surface area (Å²) >= 11 is 0. The van der Waals surface area contributed by atoms with Crippen molar-refractivity contribution in [3.63, 3.8) is 0 Å². The molecule has 0 radical (unpaired) electrons. The molecule has 1 aliphatic rings. The molecule has 1 aromatic carbocycles. The van der Waals surface area contributed by atoms with Gasteiger partial charge in [-0.2, -0.15) is 0 Å². The van der Waals surface area contributed by atoms with Crippen LogP contribution in [-0.4, -0.2) is 31.0 Å². The van der Waals surface area contributed by atoms with E-state index in [-0.39, 0.29) is 5.91 Å². The molecule has 0 spiro atoms. The average molecular weight is 233 g/mol. The Morgan fingerprint density at radius 3 is 2.76 bits per heavy atom. The number of methoxy groups -OCH3 is 1. The minimum absolute atomic E-state index is 0.234. The second-order valence-electron chi connectivity index (χ2n) is 4.47. The topological polar surface area (TPSA) is 29.5 Å². The van der Waals surface area contributed by atoms with Crippen molar-refractivity contribution in [1.29, 1.82) is 0 Å². The number of benzene rings is 1. The van der Waals surface area contributed by atoms with Gasteiger partial charge in [-0.25, -0.2) is 0 Å². The highest BCUT2D eigenvalue weighted by Gasteiger charge is 2.16. The lowest BCUT2D eigenvalue weighted by Gasteiger charge is -2.26. The van der Waals surface area contributed by atoms with Gasteiger partial charge in [-0.3, -0.25) is 4.79 Å². The molecule has 3 nitrogen and oxygen atoms in total. The molecule has 1 saturated heterocycles. The third-order valence-corrected chi connectivity index (χ3v) is 3.20. The summed E-state index contributed by atoms with van der Waals surface area (Å²) in [7, 11) is 1.64. The fourth-order valence-electron chi connectivity index (χ4n) is 2.21. The van der Waals surface area contributed by atoms with Crippen LogP contribution in [0.3, 0.4) is 0 Å². The largest absolute Gasteiger partial charge is 0.497 e. The van der Waals surface area contributed by atoms with Gasteiger partial charge in [0.25, 0.3) is 0 Å². The van der Waals surface area contributed by atoms with Crippen LogP contribution in [0.1, 0.15) is 24.8 Å². The van der Waals surface area contributed by atoms with Gasteiger partial charge in [-0.05, 0) is 37.0 Å². The van der Waals surface area contributed by atoms with Crippen molar-refractivity contribution in [2.24, 2.45) is 0 Å². The van der Waals surface area contributed by atoms with Gasteiger partial charge in [0.2, 0.25) is 5.91 Å². The Kier molecular flexibility index (Phi) is 4.02. The van der Waals surface area contributed by atoms with Gasteiger partial charge in [-0.1, -0.05) is 12.1 Å². The number of amides is 1. The molecular weight excluding hydrogens is 214 g/mol. The van der Waals surface area contributed by atoms with E-state index in [1.807, 2.05) is 29.2 Å². The van der Waals surface area contributed by atoms with Gasteiger partial charge in [0, 0.05) is 13.1 Å². The Balaban J connectivity index is 1.96. The summed E-state index contributed by atoms with van der Waals surface area (Å²) in [4.78, 5) is 14.0. The van der Waals surface area contributed by atoms with Gasteiger partial charge in [0.1, 0.15) is 5.75 Å². The molecule has 1 fully saturated rings. The molecular formula is C14H19NO2. The lowest BCUT2D eigenvalue weighted by molar-refractivity contribution is -0.131. The van der Waals surface area contributed by atoms with E-state index in [0.29, 0.717) is 6.42 Å². The van der Waals surface area contributed by atoms with E-state index in [9.17, 15) is 4.79 Å². The van der Waals surface area contributed by atoms with Crippen LogP contribution >= 0.6 is 0 Å². The number of ether oxygens (including phenoxy) is 1. The Labute approximate surface area is 102 Å². The molecule has 0 atom stereocenters. The summed E-state index contributed by atoms with van der Waals surface area (Å²) < 4.78 is 5.16. The monoisotopic (exact) mass is 233 g/mol. The Hall–Kier alpha value is -1.51. The van der Waals surface area contributed by atoms with E-state index >= 15 is 0 Å². The molecule has 0 unspecified atom stereocenters. The number of rotatable bonds is 3. The maximum absolute atomic E-state index is 12.1. The van der Waals surface area contributed by atoms with Crippen molar-refractivity contribution in [3.05, 3.63) is 29.8 Å². The first-order valence-electron chi connectivity index (χ1n) is 6.20. The molecule has 0 saturated carbocycles. The summed E-state index contributed by atoms with van der Waals surface area (Å²) in [5, 5.41) is 0. The van der Waals surface area contributed by atoms with Gasteiger partial charge in [0.15, 0.2) is 0 Å². The first kappa shape index (κ1) is 12.0. The molecule has 0 aliphatic carbocycles. The molecule has 17 heavy (non-hydrogen) atoms. The first-order valence-corrected chi connectivity index (χ1v) is 6.20. The fourth-order valence-corrected chi connectivity index (χ4v) is 2.21. The third kappa shape index (κ3) is 3.22. The summed E-state index contributed by atoms with van der Waals surface area (Å²) in [6.07, 6.45) is 4.02. The highest BCUT2D eigenvalue weighted by Crippen LogP contribution is 2.15. The quantitative estimate of drug-likeness (QED) is 0.801. The zero-order valence-electron chi connectivity index (χ0n) is 10.3. The molecule has 2 rings (SSSR count). The van der Waals surface area contributed by atoms with Gasteiger partial charge >= 0.3 is 0 Å². The maximum atomic E-state index is 12.1. The molecule has 1 heterocycles. The molecule has 0 aromatic heterocycles. The minimum atomic E-state index is 0.234. The molecule has 1 aromatic rings. The maximum Gasteiger partial charge on any atom is 0.226 e. The number of hydrogen-bond donors (Lipinski definition) is 0. The summed E-state index contributed by atoms with van der Waals surface area (Å²) in [6, 6.07) is 7.73. The Bertz CT molecular complexity index is 384. The standard InChI is InChI=1S/C14H19NO2/c1-17-13-7-5-6-12(10-13)11-14(16)15-8-3-2-4-9-15/h5-7,10H,2-4,8-9,11H2,1H3. The second-order valence-corrected chi connectivity index (χ2v) is 4.47. The molecule has 0 bridgehead atoms. The lowest BCUT2D eigenvalue weighted by atomic mass is 10.1. The fraction of sp³-hybridized carbons (Fsp3) is 0.500. The van der Waals surface area contributed by atoms with Crippen molar-refractivity contribution >= 4 is 5.91 Å². The smallest absolute Gasteiger partial charge is 0.226 e. The van der Waals surface area contributed by atoms with Crippen LogP contribution in [0.4, 0.5) is 0 Å². The number of likely N-dealkylation sites (tertiary alicyclic amines) is 1. The zero-order chi connectivity index (χ0) is 12.1. The van der Waals surface area contributed by atoms with Crippen LogP contribution in [0.5, 0.6) is 5.75 Å². The number of nitrogens with zero attached hydrogens (tertiary/aromatic N) is 1. The van der Waals surface area contributed by atoms with E-state index in [4.69, 9.17) is 4.74 Å². The van der Waals surface area contributed by atoms with Crippen LogP contribution in [0.2, 0.25) is 0 Å². The predicted octanol–water partition coefficient (Wildman–Crippen LogP) is 2.25. The van der Waals surface area contributed by atoms with Crippen molar-refractivity contribution in [1.82, 2.24) is 4.90 Å². The van der Waals surface area contributed by atoms with Crippen LogP contribution in [-0.2, 0) is 11.2 Å². The Morgan fingerprint density at radius 2 is 2.06 bits per heavy atom. The lowest BCUT2D eigenvalue weighted by Crippen LogP contribution is -2.36. The van der Waals surface area contributed by atoms with Crippen molar-refractivity contribution in [3.8, 4) is 5.75 Å². The average Bonchev–Trinajstić information content (AvgIpc) is 2.40. The van der Waals surface area contributed by atoms with Gasteiger partial charge < -0.3 is 9.64 Å². The van der Waals surface area contributed by atoms with E-state index in [1.165, 1.54) is 6.42 Å². The van der Waals surface area contributed by atoms with E-state index < -0.39 is 0 Å². The Morgan fingerprint density at radius 1 is 1.29 bits per heavy atom. The number of hydrogen-bond acceptors (Lipinski definition) is 2. The summed E-state index contributed by atoms with van der Waals surface area (Å²) in [5.41, 5.74) is 1.03. The van der Waals surface area contributed by atoms with Crippen molar-refractivity contribution < 1.29 is 9.53 Å².